The fourth-order valence-corrected chi connectivity index (χ4v) is 2.27. The van der Waals surface area contributed by atoms with Crippen molar-refractivity contribution >= 4 is 11.7 Å². The Hall–Kier alpha value is -1.60. The number of nitrogens with zero attached hydrogens (tertiary/aromatic N) is 4. The lowest BCUT2D eigenvalue weighted by Crippen LogP contribution is -2.50. The molecule has 7 nitrogen and oxygen atoms in total. The molecule has 1 aromatic heterocycles. The molecule has 2 amide bonds. The molecule has 1 aliphatic heterocycles. The summed E-state index contributed by atoms with van der Waals surface area (Å²) in [6.45, 7) is 9.99. The third-order valence-electron chi connectivity index (χ3n) is 3.60. The minimum atomic E-state index is -0.0983. The van der Waals surface area contributed by atoms with Crippen LogP contribution in [0.25, 0.3) is 0 Å². The van der Waals surface area contributed by atoms with E-state index in [9.17, 15) is 4.79 Å². The highest BCUT2D eigenvalue weighted by atomic mass is 16.3. The molecule has 21 heavy (non-hydrogen) atoms. The molecule has 1 fully saturated rings. The van der Waals surface area contributed by atoms with Crippen molar-refractivity contribution in [1.29, 1.82) is 0 Å². The molecular weight excluding hydrogens is 270 g/mol. The number of aliphatic hydroxyl groups is 1. The molecule has 2 heterocycles. The number of aliphatic hydroxyl groups excluding tert-OH is 1. The van der Waals surface area contributed by atoms with E-state index in [1.54, 1.807) is 11.1 Å². The van der Waals surface area contributed by atoms with Gasteiger partial charge in [0.25, 0.3) is 0 Å². The van der Waals surface area contributed by atoms with Gasteiger partial charge in [0.15, 0.2) is 0 Å². The van der Waals surface area contributed by atoms with Gasteiger partial charge in [0.1, 0.15) is 0 Å². The molecule has 0 atom stereocenters. The highest BCUT2D eigenvalue weighted by molar-refractivity contribution is 5.89. The number of β-amino-alcohol motifs (C(OH)–C–C–N with tert-alkyl or cyclic N) is 1. The molecule has 0 saturated carbocycles. The Bertz CT molecular complexity index is 472. The lowest BCUT2D eigenvalue weighted by molar-refractivity contribution is 0.127. The predicted octanol–water partition coefficient (Wildman–Crippen LogP) is 0.780. The quantitative estimate of drug-likeness (QED) is 0.864. The largest absolute Gasteiger partial charge is 0.395 e. The van der Waals surface area contributed by atoms with E-state index in [1.165, 1.54) is 0 Å². The van der Waals surface area contributed by atoms with Gasteiger partial charge in [0.2, 0.25) is 0 Å². The second-order valence-corrected chi connectivity index (χ2v) is 6.33. The highest BCUT2D eigenvalue weighted by Crippen LogP contribution is 2.16. The van der Waals surface area contributed by atoms with E-state index in [4.69, 9.17) is 5.11 Å². The fourth-order valence-electron chi connectivity index (χ4n) is 2.27. The Morgan fingerprint density at radius 2 is 2.00 bits per heavy atom. The van der Waals surface area contributed by atoms with Gasteiger partial charge in [-0.1, -0.05) is 0 Å². The van der Waals surface area contributed by atoms with Gasteiger partial charge in [0.05, 0.1) is 24.0 Å². The van der Waals surface area contributed by atoms with E-state index in [1.807, 2.05) is 10.9 Å². The number of nitrogens with one attached hydrogen (secondary N) is 1. The molecule has 0 spiro atoms. The van der Waals surface area contributed by atoms with Gasteiger partial charge >= 0.3 is 6.03 Å². The van der Waals surface area contributed by atoms with Crippen LogP contribution in [0.1, 0.15) is 20.8 Å². The maximum atomic E-state index is 12.2. The van der Waals surface area contributed by atoms with Crippen molar-refractivity contribution in [2.75, 3.05) is 44.6 Å². The summed E-state index contributed by atoms with van der Waals surface area (Å²) in [6, 6.07) is -0.0906. The van der Waals surface area contributed by atoms with Gasteiger partial charge in [0, 0.05) is 38.9 Å². The van der Waals surface area contributed by atoms with Crippen molar-refractivity contribution in [3.63, 3.8) is 0 Å². The number of hydrogen-bond acceptors (Lipinski definition) is 4. The topological polar surface area (TPSA) is 73.6 Å². The molecule has 1 saturated heterocycles. The number of anilines is 1. The van der Waals surface area contributed by atoms with Gasteiger partial charge < -0.3 is 15.3 Å². The highest BCUT2D eigenvalue weighted by Gasteiger charge is 2.21. The Morgan fingerprint density at radius 1 is 1.33 bits per heavy atom. The first kappa shape index (κ1) is 15.8. The van der Waals surface area contributed by atoms with Crippen LogP contribution < -0.4 is 5.32 Å². The summed E-state index contributed by atoms with van der Waals surface area (Å²) in [5.74, 6) is 0. The zero-order valence-electron chi connectivity index (χ0n) is 13.0. The molecule has 0 aromatic carbocycles. The van der Waals surface area contributed by atoms with Crippen molar-refractivity contribution < 1.29 is 9.90 Å². The number of hydrogen-bond donors (Lipinski definition) is 2. The Balaban J connectivity index is 1.86. The normalized spacial score (nSPS) is 17.0. The second kappa shape index (κ2) is 6.44. The summed E-state index contributed by atoms with van der Waals surface area (Å²) in [7, 11) is 0. The lowest BCUT2D eigenvalue weighted by atomic mass is 10.1. The van der Waals surface area contributed by atoms with E-state index in [-0.39, 0.29) is 18.2 Å². The average molecular weight is 295 g/mol. The summed E-state index contributed by atoms with van der Waals surface area (Å²) < 4.78 is 1.84. The van der Waals surface area contributed by atoms with E-state index in [2.05, 4.69) is 36.1 Å². The van der Waals surface area contributed by atoms with Crippen LogP contribution in [0.5, 0.6) is 0 Å². The molecule has 0 aliphatic carbocycles. The molecule has 1 aromatic rings. The Kier molecular flexibility index (Phi) is 4.84. The van der Waals surface area contributed by atoms with Crippen LogP contribution in [-0.4, -0.2) is 70.0 Å². The van der Waals surface area contributed by atoms with Crippen LogP contribution >= 0.6 is 0 Å². The standard InChI is InChI=1S/C14H25N5O2/c1-14(2,3)19-11-12(10-15-19)16-13(21)18-6-4-17(5-7-18)8-9-20/h10-11,20H,4-9H2,1-3H3,(H,16,21). The number of rotatable bonds is 3. The first-order valence-electron chi connectivity index (χ1n) is 7.34. The van der Waals surface area contributed by atoms with E-state index in [0.717, 1.165) is 13.1 Å². The van der Waals surface area contributed by atoms with Crippen molar-refractivity contribution in [1.82, 2.24) is 19.6 Å². The van der Waals surface area contributed by atoms with Crippen LogP contribution in [-0.2, 0) is 5.54 Å². The van der Waals surface area contributed by atoms with E-state index < -0.39 is 0 Å². The second-order valence-electron chi connectivity index (χ2n) is 6.33. The van der Waals surface area contributed by atoms with Crippen molar-refractivity contribution in [2.24, 2.45) is 0 Å². The van der Waals surface area contributed by atoms with Gasteiger partial charge in [-0.15, -0.1) is 0 Å². The number of piperazine rings is 1. The zero-order valence-corrected chi connectivity index (χ0v) is 13.0. The summed E-state index contributed by atoms with van der Waals surface area (Å²) in [5.41, 5.74) is 0.617. The van der Waals surface area contributed by atoms with Gasteiger partial charge in [-0.25, -0.2) is 4.79 Å². The predicted molar refractivity (Wildman–Crippen MR) is 81.3 cm³/mol. The minimum absolute atomic E-state index is 0.0906. The molecule has 0 radical (unpaired) electrons. The van der Waals surface area contributed by atoms with E-state index >= 15 is 0 Å². The van der Waals surface area contributed by atoms with Crippen LogP contribution in [0.3, 0.4) is 0 Å². The molecule has 0 bridgehead atoms. The fraction of sp³-hybridized carbons (Fsp3) is 0.714. The Morgan fingerprint density at radius 3 is 2.52 bits per heavy atom. The maximum absolute atomic E-state index is 12.2. The molecule has 2 N–H and O–H groups in total. The molecule has 0 unspecified atom stereocenters. The summed E-state index contributed by atoms with van der Waals surface area (Å²) >= 11 is 0. The van der Waals surface area contributed by atoms with Crippen LogP contribution in [0, 0.1) is 0 Å². The molecule has 118 valence electrons. The van der Waals surface area contributed by atoms with Crippen molar-refractivity contribution in [3.05, 3.63) is 12.4 Å². The average Bonchev–Trinajstić information content (AvgIpc) is 2.88. The molecule has 7 heteroatoms. The first-order valence-corrected chi connectivity index (χ1v) is 7.34. The third kappa shape index (κ3) is 4.18. The van der Waals surface area contributed by atoms with Crippen LogP contribution in [0.4, 0.5) is 10.5 Å². The first-order chi connectivity index (χ1) is 9.90. The van der Waals surface area contributed by atoms with Gasteiger partial charge in [-0.3, -0.25) is 9.58 Å². The van der Waals surface area contributed by atoms with Crippen molar-refractivity contribution in [2.45, 2.75) is 26.3 Å². The monoisotopic (exact) mass is 295 g/mol. The minimum Gasteiger partial charge on any atom is -0.395 e. The summed E-state index contributed by atoms with van der Waals surface area (Å²) in [4.78, 5) is 16.1. The zero-order chi connectivity index (χ0) is 15.5. The maximum Gasteiger partial charge on any atom is 0.322 e. The molecule has 2 rings (SSSR count). The number of aromatic nitrogens is 2. The van der Waals surface area contributed by atoms with Crippen LogP contribution in [0.15, 0.2) is 12.4 Å². The number of amides is 2. The molecule has 1 aliphatic rings. The van der Waals surface area contributed by atoms with Crippen LogP contribution in [0.2, 0.25) is 0 Å². The third-order valence-corrected chi connectivity index (χ3v) is 3.60. The SMILES string of the molecule is CC(C)(C)n1cc(NC(=O)N2CCN(CCO)CC2)cn1. The molecular formula is C14H25N5O2. The lowest BCUT2D eigenvalue weighted by Gasteiger charge is -2.34. The van der Waals surface area contributed by atoms with Gasteiger partial charge in [-0.05, 0) is 20.8 Å². The smallest absolute Gasteiger partial charge is 0.322 e. The number of carbonyl (C=O) groups is 1. The van der Waals surface area contributed by atoms with E-state index in [0.29, 0.717) is 25.3 Å². The van der Waals surface area contributed by atoms with Gasteiger partial charge in [-0.2, -0.15) is 5.10 Å². The summed E-state index contributed by atoms with van der Waals surface area (Å²) in [5, 5.41) is 16.1. The Labute approximate surface area is 125 Å². The van der Waals surface area contributed by atoms with Crippen molar-refractivity contribution in [3.8, 4) is 0 Å². The number of carbonyl (C=O) groups excluding carboxylic acids is 1. The summed E-state index contributed by atoms with van der Waals surface area (Å²) in [6.07, 6.45) is 3.52. The number of urea groups is 1.